The maximum Gasteiger partial charge on any atom is 0.258 e. The Kier molecular flexibility index (Phi) is 4.25. The number of carbonyl (C=O) groups excluding carboxylic acids is 2. The van der Waals surface area contributed by atoms with Gasteiger partial charge in [-0.1, -0.05) is 35.3 Å². The lowest BCUT2D eigenvalue weighted by Gasteiger charge is -2.32. The van der Waals surface area contributed by atoms with Gasteiger partial charge in [-0.3, -0.25) is 9.59 Å². The summed E-state index contributed by atoms with van der Waals surface area (Å²) >= 11 is 12.6. The van der Waals surface area contributed by atoms with Gasteiger partial charge >= 0.3 is 0 Å². The zero-order valence-electron chi connectivity index (χ0n) is 14.0. The maximum absolute atomic E-state index is 11.8. The van der Waals surface area contributed by atoms with E-state index in [1.165, 1.54) is 12.2 Å². The number of carbonyl (C=O) groups is 2. The van der Waals surface area contributed by atoms with Crippen molar-refractivity contribution in [1.29, 1.82) is 0 Å². The first-order valence-electron chi connectivity index (χ1n) is 8.35. The van der Waals surface area contributed by atoms with Gasteiger partial charge in [-0.05, 0) is 48.7 Å². The summed E-state index contributed by atoms with van der Waals surface area (Å²) < 4.78 is 0. The van der Waals surface area contributed by atoms with Crippen molar-refractivity contribution < 1.29 is 9.59 Å². The standard InChI is InChI=1S/C20H16Cl2N2O2/c1-11-8-15(16-9-13(21)10-17(22)20(16)23-11)12-2-4-14(5-3-12)24-18(25)6-7-19(24)26/h2-7,9-11,15,23H,8H2,1H3. The Morgan fingerprint density at radius 1 is 1.04 bits per heavy atom. The quantitative estimate of drug-likeness (QED) is 0.756. The number of hydrogen-bond acceptors (Lipinski definition) is 3. The molecule has 2 heterocycles. The number of rotatable bonds is 2. The van der Waals surface area contributed by atoms with Crippen LogP contribution in [0.3, 0.4) is 0 Å². The lowest BCUT2D eigenvalue weighted by atomic mass is 9.82. The molecular weight excluding hydrogens is 371 g/mol. The molecule has 2 unspecified atom stereocenters. The van der Waals surface area contributed by atoms with Crippen LogP contribution in [-0.4, -0.2) is 17.9 Å². The number of halogens is 2. The van der Waals surface area contributed by atoms with Crippen molar-refractivity contribution in [1.82, 2.24) is 0 Å². The van der Waals surface area contributed by atoms with E-state index in [0.717, 1.165) is 28.1 Å². The molecule has 2 aromatic rings. The summed E-state index contributed by atoms with van der Waals surface area (Å²) in [7, 11) is 0. The highest BCUT2D eigenvalue weighted by atomic mass is 35.5. The fourth-order valence-electron chi connectivity index (χ4n) is 3.63. The molecule has 2 aliphatic rings. The van der Waals surface area contributed by atoms with E-state index in [1.807, 2.05) is 18.2 Å². The molecule has 0 spiro atoms. The van der Waals surface area contributed by atoms with Crippen LogP contribution in [0.1, 0.15) is 30.4 Å². The molecule has 0 saturated heterocycles. The number of anilines is 2. The zero-order valence-corrected chi connectivity index (χ0v) is 15.5. The predicted molar refractivity (Wildman–Crippen MR) is 104 cm³/mol. The third kappa shape index (κ3) is 2.89. The molecule has 4 rings (SSSR count). The van der Waals surface area contributed by atoms with Crippen LogP contribution in [0, 0.1) is 0 Å². The summed E-state index contributed by atoms with van der Waals surface area (Å²) in [5.74, 6) is -0.501. The smallest absolute Gasteiger partial charge is 0.258 e. The van der Waals surface area contributed by atoms with Crippen LogP contribution in [0.15, 0.2) is 48.6 Å². The summed E-state index contributed by atoms with van der Waals surface area (Å²) in [5, 5.41) is 4.64. The van der Waals surface area contributed by atoms with E-state index in [0.29, 0.717) is 15.7 Å². The van der Waals surface area contributed by atoms with Crippen molar-refractivity contribution in [2.24, 2.45) is 0 Å². The fourth-order valence-corrected chi connectivity index (χ4v) is 4.20. The molecule has 0 aliphatic carbocycles. The second kappa shape index (κ2) is 6.45. The highest BCUT2D eigenvalue weighted by Crippen LogP contribution is 2.43. The normalized spacial score (nSPS) is 21.7. The van der Waals surface area contributed by atoms with E-state index < -0.39 is 0 Å². The first kappa shape index (κ1) is 17.1. The van der Waals surface area contributed by atoms with Gasteiger partial charge < -0.3 is 5.32 Å². The highest BCUT2D eigenvalue weighted by molar-refractivity contribution is 6.36. The predicted octanol–water partition coefficient (Wildman–Crippen LogP) is 4.76. The summed E-state index contributed by atoms with van der Waals surface area (Å²) in [6.45, 7) is 2.11. The van der Waals surface area contributed by atoms with Crippen LogP contribution in [-0.2, 0) is 9.59 Å². The van der Waals surface area contributed by atoms with Crippen LogP contribution in [0.4, 0.5) is 11.4 Å². The van der Waals surface area contributed by atoms with E-state index in [2.05, 4.69) is 12.2 Å². The van der Waals surface area contributed by atoms with Gasteiger partial charge in [0, 0.05) is 29.1 Å². The molecular formula is C20H16Cl2N2O2. The summed E-state index contributed by atoms with van der Waals surface area (Å²) in [6.07, 6.45) is 3.46. The minimum absolute atomic E-state index is 0.134. The Balaban J connectivity index is 1.71. The SMILES string of the molecule is CC1CC(c2ccc(N3C(=O)C=CC3=O)cc2)c2cc(Cl)cc(Cl)c2N1. The number of nitrogens with one attached hydrogen (secondary N) is 1. The highest BCUT2D eigenvalue weighted by Gasteiger charge is 2.29. The van der Waals surface area contributed by atoms with E-state index in [9.17, 15) is 9.59 Å². The molecule has 2 atom stereocenters. The minimum Gasteiger partial charge on any atom is -0.381 e. The maximum atomic E-state index is 11.8. The third-order valence-corrected chi connectivity index (χ3v) is 5.32. The molecule has 2 aromatic carbocycles. The lowest BCUT2D eigenvalue weighted by Crippen LogP contribution is -2.29. The summed E-state index contributed by atoms with van der Waals surface area (Å²) in [5.41, 5.74) is 3.63. The first-order chi connectivity index (χ1) is 12.4. The number of imide groups is 1. The molecule has 132 valence electrons. The fraction of sp³-hybridized carbons (Fsp3) is 0.200. The Morgan fingerprint density at radius 3 is 2.35 bits per heavy atom. The van der Waals surface area contributed by atoms with Crippen molar-refractivity contribution in [3.63, 3.8) is 0 Å². The van der Waals surface area contributed by atoms with Crippen LogP contribution < -0.4 is 10.2 Å². The second-order valence-electron chi connectivity index (χ2n) is 6.62. The summed E-state index contributed by atoms with van der Waals surface area (Å²) in [6, 6.07) is 11.5. The van der Waals surface area contributed by atoms with Gasteiger partial charge in [0.05, 0.1) is 16.4 Å². The zero-order chi connectivity index (χ0) is 18.4. The van der Waals surface area contributed by atoms with Gasteiger partial charge in [-0.15, -0.1) is 0 Å². The molecule has 0 radical (unpaired) electrons. The van der Waals surface area contributed by atoms with Crippen molar-refractivity contribution in [2.75, 3.05) is 10.2 Å². The van der Waals surface area contributed by atoms with Gasteiger partial charge in [0.2, 0.25) is 0 Å². The topological polar surface area (TPSA) is 49.4 Å². The third-order valence-electron chi connectivity index (χ3n) is 4.80. The minimum atomic E-state index is -0.317. The van der Waals surface area contributed by atoms with Crippen molar-refractivity contribution in [3.8, 4) is 0 Å². The second-order valence-corrected chi connectivity index (χ2v) is 7.47. The Hall–Kier alpha value is -2.30. The van der Waals surface area contributed by atoms with Crippen LogP contribution in [0.5, 0.6) is 0 Å². The van der Waals surface area contributed by atoms with Crippen molar-refractivity contribution in [3.05, 3.63) is 69.7 Å². The average Bonchev–Trinajstić information content (AvgIpc) is 2.94. The first-order valence-corrected chi connectivity index (χ1v) is 9.11. The lowest BCUT2D eigenvalue weighted by molar-refractivity contribution is -0.119. The molecule has 4 nitrogen and oxygen atoms in total. The van der Waals surface area contributed by atoms with Crippen LogP contribution in [0.2, 0.25) is 10.0 Å². The molecule has 0 fully saturated rings. The van der Waals surface area contributed by atoms with E-state index in [1.54, 1.807) is 18.2 Å². The molecule has 0 aromatic heterocycles. The molecule has 1 N–H and O–H groups in total. The molecule has 0 bridgehead atoms. The van der Waals surface area contributed by atoms with E-state index >= 15 is 0 Å². The molecule has 0 saturated carbocycles. The van der Waals surface area contributed by atoms with Gasteiger partial charge in [0.25, 0.3) is 11.8 Å². The van der Waals surface area contributed by atoms with E-state index in [-0.39, 0.29) is 23.8 Å². The van der Waals surface area contributed by atoms with Gasteiger partial charge in [-0.25, -0.2) is 4.90 Å². The van der Waals surface area contributed by atoms with E-state index in [4.69, 9.17) is 23.2 Å². The molecule has 2 aliphatic heterocycles. The summed E-state index contributed by atoms with van der Waals surface area (Å²) in [4.78, 5) is 24.8. The molecule has 26 heavy (non-hydrogen) atoms. The Morgan fingerprint density at radius 2 is 1.69 bits per heavy atom. The Bertz CT molecular complexity index is 920. The number of hydrogen-bond donors (Lipinski definition) is 1. The number of amides is 2. The monoisotopic (exact) mass is 386 g/mol. The van der Waals surface area contributed by atoms with Crippen LogP contribution in [0.25, 0.3) is 0 Å². The van der Waals surface area contributed by atoms with Crippen molar-refractivity contribution >= 4 is 46.4 Å². The average molecular weight is 387 g/mol. The van der Waals surface area contributed by atoms with Gasteiger partial charge in [-0.2, -0.15) is 0 Å². The number of nitrogens with zero attached hydrogens (tertiary/aromatic N) is 1. The number of benzene rings is 2. The molecule has 6 heteroatoms. The number of fused-ring (bicyclic) bond motifs is 1. The van der Waals surface area contributed by atoms with Crippen molar-refractivity contribution in [2.45, 2.75) is 25.3 Å². The van der Waals surface area contributed by atoms with Gasteiger partial charge in [0.1, 0.15) is 0 Å². The molecule has 2 amide bonds. The Labute approximate surface area is 161 Å². The largest absolute Gasteiger partial charge is 0.381 e. The van der Waals surface area contributed by atoms with Gasteiger partial charge in [0.15, 0.2) is 0 Å². The van der Waals surface area contributed by atoms with Crippen LogP contribution >= 0.6 is 23.2 Å².